The molecule has 132 valence electrons. The van der Waals surface area contributed by atoms with Crippen molar-refractivity contribution < 1.29 is 9.53 Å². The smallest absolute Gasteiger partial charge is 0.246 e. The molecule has 0 unspecified atom stereocenters. The van der Waals surface area contributed by atoms with Crippen LogP contribution in [0.2, 0.25) is 0 Å². The quantitative estimate of drug-likeness (QED) is 0.835. The number of benzene rings is 1. The third kappa shape index (κ3) is 5.14. The number of carbonyl (C=O) groups is 1. The molecule has 1 aliphatic rings. The summed E-state index contributed by atoms with van der Waals surface area (Å²) in [6, 6.07) is 7.78. The Labute approximate surface area is 152 Å². The Hall–Kier alpha value is -2.18. The summed E-state index contributed by atoms with van der Waals surface area (Å²) in [5.74, 6) is 0.811. The maximum atomic E-state index is 12.2. The number of rotatable bonds is 5. The predicted molar refractivity (Wildman–Crippen MR) is 100 cm³/mol. The van der Waals surface area contributed by atoms with E-state index < -0.39 is 0 Å². The number of aromatic nitrogens is 1. The number of piperidine rings is 1. The van der Waals surface area contributed by atoms with E-state index in [1.165, 1.54) is 0 Å². The molecule has 2 aromatic rings. The zero-order valence-corrected chi connectivity index (χ0v) is 15.2. The van der Waals surface area contributed by atoms with E-state index in [2.05, 4.69) is 4.98 Å². The maximum absolute atomic E-state index is 12.2. The summed E-state index contributed by atoms with van der Waals surface area (Å²) in [6.07, 6.45) is 5.42. The second kappa shape index (κ2) is 8.27. The van der Waals surface area contributed by atoms with E-state index in [1.54, 1.807) is 17.4 Å². The summed E-state index contributed by atoms with van der Waals surface area (Å²) < 4.78 is 5.72. The minimum atomic E-state index is 0.0226. The minimum Gasteiger partial charge on any atom is -0.487 e. The Morgan fingerprint density at radius 3 is 2.92 bits per heavy atom. The number of ether oxygens (including phenoxy) is 1. The third-order valence-corrected chi connectivity index (χ3v) is 4.94. The fourth-order valence-electron chi connectivity index (χ4n) is 2.79. The van der Waals surface area contributed by atoms with Gasteiger partial charge in [0, 0.05) is 30.6 Å². The van der Waals surface area contributed by atoms with Crippen molar-refractivity contribution in [2.45, 2.75) is 32.4 Å². The first kappa shape index (κ1) is 17.6. The van der Waals surface area contributed by atoms with Crippen LogP contribution in [0, 0.1) is 6.92 Å². The number of likely N-dealkylation sites (tertiary alicyclic amines) is 1. The number of amides is 1. The summed E-state index contributed by atoms with van der Waals surface area (Å²) in [5, 5.41) is 3.04. The van der Waals surface area contributed by atoms with E-state index in [0.717, 1.165) is 41.4 Å². The largest absolute Gasteiger partial charge is 0.487 e. The van der Waals surface area contributed by atoms with E-state index in [0.29, 0.717) is 13.2 Å². The van der Waals surface area contributed by atoms with Crippen molar-refractivity contribution in [1.82, 2.24) is 9.88 Å². The van der Waals surface area contributed by atoms with E-state index >= 15 is 0 Å². The van der Waals surface area contributed by atoms with E-state index in [4.69, 9.17) is 10.5 Å². The number of aryl methyl sites for hydroxylation is 1. The lowest BCUT2D eigenvalue weighted by Gasteiger charge is -2.29. The van der Waals surface area contributed by atoms with Crippen molar-refractivity contribution in [3.63, 3.8) is 0 Å². The first-order valence-corrected chi connectivity index (χ1v) is 9.34. The summed E-state index contributed by atoms with van der Waals surface area (Å²) in [5.41, 5.74) is 7.83. The van der Waals surface area contributed by atoms with Gasteiger partial charge in [-0.2, -0.15) is 0 Å². The van der Waals surface area contributed by atoms with Gasteiger partial charge >= 0.3 is 0 Å². The molecule has 1 atom stereocenters. The Kier molecular flexibility index (Phi) is 5.83. The van der Waals surface area contributed by atoms with Gasteiger partial charge in [0.2, 0.25) is 5.91 Å². The molecule has 1 fully saturated rings. The molecule has 1 saturated heterocycles. The fraction of sp³-hybridized carbons (Fsp3) is 0.368. The van der Waals surface area contributed by atoms with Gasteiger partial charge in [0.15, 0.2) is 0 Å². The maximum Gasteiger partial charge on any atom is 0.246 e. The number of thiazole rings is 1. The molecule has 5 nitrogen and oxygen atoms in total. The third-order valence-electron chi connectivity index (χ3n) is 4.12. The number of hydrogen-bond donors (Lipinski definition) is 1. The lowest BCUT2D eigenvalue weighted by Crippen LogP contribution is -2.45. The van der Waals surface area contributed by atoms with Gasteiger partial charge in [-0.1, -0.05) is 12.1 Å². The van der Waals surface area contributed by atoms with Gasteiger partial charge in [0.1, 0.15) is 12.4 Å². The van der Waals surface area contributed by atoms with Crippen molar-refractivity contribution >= 4 is 23.3 Å². The topological polar surface area (TPSA) is 68.5 Å². The molecule has 0 radical (unpaired) electrons. The normalized spacial score (nSPS) is 17.8. The molecular formula is C19H23N3O2S. The Morgan fingerprint density at radius 2 is 2.24 bits per heavy atom. The van der Waals surface area contributed by atoms with Crippen LogP contribution in [-0.4, -0.2) is 34.9 Å². The van der Waals surface area contributed by atoms with Crippen molar-refractivity contribution in [3.05, 3.63) is 52.0 Å². The first-order valence-electron chi connectivity index (χ1n) is 8.46. The minimum absolute atomic E-state index is 0.0226. The summed E-state index contributed by atoms with van der Waals surface area (Å²) in [6.45, 7) is 3.88. The van der Waals surface area contributed by atoms with Crippen molar-refractivity contribution in [3.8, 4) is 5.75 Å². The summed E-state index contributed by atoms with van der Waals surface area (Å²) in [4.78, 5) is 18.4. The molecular weight excluding hydrogens is 334 g/mol. The molecule has 1 aromatic carbocycles. The average molecular weight is 357 g/mol. The Balaban J connectivity index is 1.52. The van der Waals surface area contributed by atoms with Gasteiger partial charge in [-0.15, -0.1) is 11.3 Å². The monoisotopic (exact) mass is 357 g/mol. The highest BCUT2D eigenvalue weighted by atomic mass is 32.1. The molecule has 0 saturated carbocycles. The Bertz CT molecular complexity index is 739. The molecule has 1 aliphatic heterocycles. The van der Waals surface area contributed by atoms with Gasteiger partial charge < -0.3 is 15.4 Å². The van der Waals surface area contributed by atoms with E-state index in [1.807, 2.05) is 47.5 Å². The SMILES string of the molecule is Cc1nc(COc2ccc(/C=C/C(=O)N3CCC[C@@H](N)C3)cc2)cs1. The number of carbonyl (C=O) groups excluding carboxylic acids is 1. The van der Waals surface area contributed by atoms with Crippen molar-refractivity contribution in [2.24, 2.45) is 5.73 Å². The van der Waals surface area contributed by atoms with Crippen molar-refractivity contribution in [1.29, 1.82) is 0 Å². The lowest BCUT2D eigenvalue weighted by atomic mass is 10.1. The molecule has 25 heavy (non-hydrogen) atoms. The molecule has 3 rings (SSSR count). The second-order valence-electron chi connectivity index (χ2n) is 6.24. The second-order valence-corrected chi connectivity index (χ2v) is 7.30. The van der Waals surface area contributed by atoms with Gasteiger partial charge in [0.25, 0.3) is 0 Å². The highest BCUT2D eigenvalue weighted by molar-refractivity contribution is 7.09. The number of nitrogens with zero attached hydrogens (tertiary/aromatic N) is 2. The van der Waals surface area contributed by atoms with Crippen LogP contribution in [-0.2, 0) is 11.4 Å². The highest BCUT2D eigenvalue weighted by Gasteiger charge is 2.19. The van der Waals surface area contributed by atoms with Crippen LogP contribution >= 0.6 is 11.3 Å². The van der Waals surface area contributed by atoms with Crippen LogP contribution < -0.4 is 10.5 Å². The zero-order chi connectivity index (χ0) is 17.6. The zero-order valence-electron chi connectivity index (χ0n) is 14.4. The van der Waals surface area contributed by atoms with Gasteiger partial charge in [0.05, 0.1) is 10.7 Å². The van der Waals surface area contributed by atoms with Crippen LogP contribution in [0.25, 0.3) is 6.08 Å². The lowest BCUT2D eigenvalue weighted by molar-refractivity contribution is -0.127. The first-order chi connectivity index (χ1) is 12.1. The molecule has 0 bridgehead atoms. The van der Waals surface area contributed by atoms with Crippen LogP contribution in [0.4, 0.5) is 0 Å². The fourth-order valence-corrected chi connectivity index (χ4v) is 3.39. The highest BCUT2D eigenvalue weighted by Crippen LogP contribution is 2.16. The van der Waals surface area contributed by atoms with Crippen molar-refractivity contribution in [2.75, 3.05) is 13.1 Å². The average Bonchev–Trinajstić information content (AvgIpc) is 3.04. The van der Waals surface area contributed by atoms with Gasteiger partial charge in [-0.3, -0.25) is 4.79 Å². The standard InChI is InChI=1S/C19H23N3O2S/c1-14-21-17(13-25-14)12-24-18-7-4-15(5-8-18)6-9-19(23)22-10-2-3-16(20)11-22/h4-9,13,16H,2-3,10-12,20H2,1H3/b9-6+/t16-/m1/s1. The molecule has 2 N–H and O–H groups in total. The van der Waals surface area contributed by atoms with Crippen LogP contribution in [0.1, 0.15) is 29.1 Å². The van der Waals surface area contributed by atoms with E-state index in [9.17, 15) is 4.79 Å². The van der Waals surface area contributed by atoms with Crippen LogP contribution in [0.15, 0.2) is 35.7 Å². The van der Waals surface area contributed by atoms with Gasteiger partial charge in [-0.05, 0) is 43.5 Å². The van der Waals surface area contributed by atoms with Crippen LogP contribution in [0.5, 0.6) is 5.75 Å². The van der Waals surface area contributed by atoms with Gasteiger partial charge in [-0.25, -0.2) is 4.98 Å². The molecule has 0 spiro atoms. The molecule has 0 aliphatic carbocycles. The predicted octanol–water partition coefficient (Wildman–Crippen LogP) is 2.99. The van der Waals surface area contributed by atoms with E-state index in [-0.39, 0.29) is 11.9 Å². The number of nitrogens with two attached hydrogens (primary N) is 1. The Morgan fingerprint density at radius 1 is 1.44 bits per heavy atom. The summed E-state index contributed by atoms with van der Waals surface area (Å²) >= 11 is 1.62. The number of hydrogen-bond acceptors (Lipinski definition) is 5. The molecule has 1 amide bonds. The molecule has 2 heterocycles. The molecule has 1 aromatic heterocycles. The summed E-state index contributed by atoms with van der Waals surface area (Å²) in [7, 11) is 0. The van der Waals surface area contributed by atoms with Crippen LogP contribution in [0.3, 0.4) is 0 Å². The molecule has 6 heteroatoms.